The predicted octanol–water partition coefficient (Wildman–Crippen LogP) is 1.46. The Kier molecular flexibility index (Phi) is 4.88. The van der Waals surface area contributed by atoms with E-state index in [4.69, 9.17) is 0 Å². The van der Waals surface area contributed by atoms with Gasteiger partial charge in [-0.1, -0.05) is 29.8 Å². The first kappa shape index (κ1) is 16.2. The van der Waals surface area contributed by atoms with Gasteiger partial charge in [0.15, 0.2) is 5.82 Å². The summed E-state index contributed by atoms with van der Waals surface area (Å²) in [6.07, 6.45) is 1.67. The van der Waals surface area contributed by atoms with Crippen LogP contribution in [0.25, 0.3) is 0 Å². The molecule has 7 heteroatoms. The molecule has 3 rings (SSSR count). The number of piperazine rings is 1. The Morgan fingerprint density at radius 2 is 2.04 bits per heavy atom. The normalized spacial score (nSPS) is 14.6. The summed E-state index contributed by atoms with van der Waals surface area (Å²) in [5.74, 6) is 1.43. The van der Waals surface area contributed by atoms with Crippen LogP contribution in [0.15, 0.2) is 30.5 Å². The van der Waals surface area contributed by atoms with Crippen LogP contribution in [0.5, 0.6) is 0 Å². The largest absolute Gasteiger partial charge is 0.352 e. The summed E-state index contributed by atoms with van der Waals surface area (Å²) in [4.78, 5) is 19.9. The number of amides is 1. The minimum absolute atomic E-state index is 0.121. The summed E-state index contributed by atoms with van der Waals surface area (Å²) in [5, 5.41) is 11.3. The molecule has 0 spiro atoms. The summed E-state index contributed by atoms with van der Waals surface area (Å²) in [6.45, 7) is 7.28. The van der Waals surface area contributed by atoms with Gasteiger partial charge in [-0.15, -0.1) is 5.10 Å². The number of aromatic nitrogens is 3. The summed E-state index contributed by atoms with van der Waals surface area (Å²) in [6, 6.07) is 8.31. The number of hydrogen-bond acceptors (Lipinski definition) is 6. The lowest BCUT2D eigenvalue weighted by Gasteiger charge is -2.34. The van der Waals surface area contributed by atoms with E-state index < -0.39 is 0 Å². The quantitative estimate of drug-likeness (QED) is 0.917. The standard InChI is InChI=1S/C17H22N6O/c1-13-4-3-5-15(10-13)11-18-17-20-16(12-19-21-17)23-8-6-22(7-9-23)14(2)24/h3-5,10,12H,6-9,11H2,1-2H3,(H,18,20,21). The Morgan fingerprint density at radius 3 is 2.75 bits per heavy atom. The van der Waals surface area contributed by atoms with Crippen LogP contribution in [0, 0.1) is 6.92 Å². The van der Waals surface area contributed by atoms with Crippen LogP contribution in [-0.2, 0) is 11.3 Å². The van der Waals surface area contributed by atoms with Crippen LogP contribution < -0.4 is 10.2 Å². The van der Waals surface area contributed by atoms with Crippen molar-refractivity contribution in [3.63, 3.8) is 0 Å². The molecule has 0 radical (unpaired) electrons. The molecule has 2 heterocycles. The fourth-order valence-corrected chi connectivity index (χ4v) is 2.78. The summed E-state index contributed by atoms with van der Waals surface area (Å²) in [7, 11) is 0. The summed E-state index contributed by atoms with van der Waals surface area (Å²) >= 11 is 0. The van der Waals surface area contributed by atoms with Crippen LogP contribution in [0.2, 0.25) is 0 Å². The number of hydrogen-bond donors (Lipinski definition) is 1. The van der Waals surface area contributed by atoms with Crippen LogP contribution in [-0.4, -0.2) is 52.2 Å². The molecule has 2 aromatic rings. The van der Waals surface area contributed by atoms with Gasteiger partial charge in [-0.25, -0.2) is 0 Å². The van der Waals surface area contributed by atoms with E-state index in [0.29, 0.717) is 25.6 Å². The number of benzene rings is 1. The van der Waals surface area contributed by atoms with Crippen LogP contribution in [0.1, 0.15) is 18.1 Å². The Morgan fingerprint density at radius 1 is 1.25 bits per heavy atom. The van der Waals surface area contributed by atoms with E-state index in [1.807, 2.05) is 11.0 Å². The van der Waals surface area contributed by atoms with Crippen molar-refractivity contribution in [2.24, 2.45) is 0 Å². The molecular formula is C17H22N6O. The molecule has 24 heavy (non-hydrogen) atoms. The molecule has 1 amide bonds. The van der Waals surface area contributed by atoms with Gasteiger partial charge in [0, 0.05) is 39.6 Å². The molecule has 0 atom stereocenters. The van der Waals surface area contributed by atoms with E-state index in [-0.39, 0.29) is 5.91 Å². The predicted molar refractivity (Wildman–Crippen MR) is 92.8 cm³/mol. The van der Waals surface area contributed by atoms with E-state index in [1.165, 1.54) is 11.1 Å². The molecule has 1 saturated heterocycles. The summed E-state index contributed by atoms with van der Waals surface area (Å²) in [5.41, 5.74) is 2.41. The monoisotopic (exact) mass is 326 g/mol. The summed E-state index contributed by atoms with van der Waals surface area (Å²) < 4.78 is 0. The van der Waals surface area contributed by atoms with Gasteiger partial charge < -0.3 is 15.1 Å². The van der Waals surface area contributed by atoms with Gasteiger partial charge in [0.2, 0.25) is 11.9 Å². The number of nitrogens with one attached hydrogen (secondary N) is 1. The topological polar surface area (TPSA) is 74.2 Å². The first-order valence-corrected chi connectivity index (χ1v) is 8.11. The minimum Gasteiger partial charge on any atom is -0.352 e. The molecule has 1 fully saturated rings. The first-order chi connectivity index (χ1) is 11.6. The molecule has 1 aromatic carbocycles. The van der Waals surface area contributed by atoms with Crippen molar-refractivity contribution in [3.05, 3.63) is 41.6 Å². The highest BCUT2D eigenvalue weighted by atomic mass is 16.2. The van der Waals surface area contributed by atoms with Crippen molar-refractivity contribution < 1.29 is 4.79 Å². The van der Waals surface area contributed by atoms with Gasteiger partial charge in [-0.3, -0.25) is 4.79 Å². The van der Waals surface area contributed by atoms with Gasteiger partial charge in [0.1, 0.15) is 0 Å². The molecule has 0 aliphatic carbocycles. The lowest BCUT2D eigenvalue weighted by Crippen LogP contribution is -2.48. The SMILES string of the molecule is CC(=O)N1CCN(c2cnnc(NCc3cccc(C)c3)n2)CC1. The highest BCUT2D eigenvalue weighted by molar-refractivity contribution is 5.73. The van der Waals surface area contributed by atoms with Gasteiger partial charge >= 0.3 is 0 Å². The zero-order valence-corrected chi connectivity index (χ0v) is 14.1. The number of anilines is 2. The fourth-order valence-electron chi connectivity index (χ4n) is 2.78. The maximum atomic E-state index is 11.4. The van der Waals surface area contributed by atoms with E-state index in [2.05, 4.69) is 50.5 Å². The highest BCUT2D eigenvalue weighted by Crippen LogP contribution is 2.14. The lowest BCUT2D eigenvalue weighted by atomic mass is 10.1. The molecule has 7 nitrogen and oxygen atoms in total. The van der Waals surface area contributed by atoms with Gasteiger partial charge in [0.25, 0.3) is 0 Å². The number of rotatable bonds is 4. The molecule has 1 aliphatic heterocycles. The van der Waals surface area contributed by atoms with Crippen molar-refractivity contribution in [3.8, 4) is 0 Å². The Hall–Kier alpha value is -2.70. The second kappa shape index (κ2) is 7.25. The van der Waals surface area contributed by atoms with Crippen molar-refractivity contribution in [2.45, 2.75) is 20.4 Å². The van der Waals surface area contributed by atoms with Gasteiger partial charge in [-0.2, -0.15) is 10.1 Å². The number of aryl methyl sites for hydroxylation is 1. The van der Waals surface area contributed by atoms with Gasteiger partial charge in [-0.05, 0) is 12.5 Å². The number of carbonyl (C=O) groups excluding carboxylic acids is 1. The average molecular weight is 326 g/mol. The molecule has 1 aromatic heterocycles. The molecule has 0 saturated carbocycles. The van der Waals surface area contributed by atoms with E-state index in [0.717, 1.165) is 18.9 Å². The smallest absolute Gasteiger partial charge is 0.244 e. The van der Waals surface area contributed by atoms with Crippen molar-refractivity contribution >= 4 is 17.7 Å². The zero-order valence-electron chi connectivity index (χ0n) is 14.1. The third kappa shape index (κ3) is 3.98. The Labute approximate surface area is 141 Å². The molecule has 0 bridgehead atoms. The Balaban J connectivity index is 1.61. The maximum absolute atomic E-state index is 11.4. The van der Waals surface area contributed by atoms with Crippen molar-refractivity contribution in [1.82, 2.24) is 20.1 Å². The number of nitrogens with zero attached hydrogens (tertiary/aromatic N) is 5. The lowest BCUT2D eigenvalue weighted by molar-refractivity contribution is -0.129. The molecule has 126 valence electrons. The zero-order chi connectivity index (χ0) is 16.9. The second-order valence-electron chi connectivity index (χ2n) is 5.97. The van der Waals surface area contributed by atoms with E-state index in [9.17, 15) is 4.79 Å². The molecule has 1 N–H and O–H groups in total. The van der Waals surface area contributed by atoms with Crippen LogP contribution in [0.3, 0.4) is 0 Å². The third-order valence-electron chi connectivity index (χ3n) is 4.13. The highest BCUT2D eigenvalue weighted by Gasteiger charge is 2.20. The minimum atomic E-state index is 0.121. The van der Waals surface area contributed by atoms with Crippen LogP contribution >= 0.6 is 0 Å². The fraction of sp³-hybridized carbons (Fsp3) is 0.412. The van der Waals surface area contributed by atoms with Crippen LogP contribution in [0.4, 0.5) is 11.8 Å². The molecule has 0 unspecified atom stereocenters. The Bertz CT molecular complexity index is 712. The van der Waals surface area contributed by atoms with Gasteiger partial charge in [0.05, 0.1) is 6.20 Å². The number of carbonyl (C=O) groups is 1. The first-order valence-electron chi connectivity index (χ1n) is 8.11. The average Bonchev–Trinajstić information content (AvgIpc) is 2.60. The molecular weight excluding hydrogens is 304 g/mol. The third-order valence-corrected chi connectivity index (χ3v) is 4.13. The van der Waals surface area contributed by atoms with E-state index in [1.54, 1.807) is 13.1 Å². The van der Waals surface area contributed by atoms with E-state index >= 15 is 0 Å². The van der Waals surface area contributed by atoms with Crippen molar-refractivity contribution in [2.75, 3.05) is 36.4 Å². The second-order valence-corrected chi connectivity index (χ2v) is 5.97. The maximum Gasteiger partial charge on any atom is 0.244 e. The van der Waals surface area contributed by atoms with Crippen molar-refractivity contribution in [1.29, 1.82) is 0 Å². The molecule has 1 aliphatic rings.